The molecule has 154 valence electrons. The smallest absolute Gasteiger partial charge is 0.388 e. The third kappa shape index (κ3) is 5.48. The van der Waals surface area contributed by atoms with Crippen molar-refractivity contribution in [1.82, 2.24) is 14.7 Å². The summed E-state index contributed by atoms with van der Waals surface area (Å²) < 4.78 is 69.1. The van der Waals surface area contributed by atoms with Crippen LogP contribution in [0.3, 0.4) is 0 Å². The summed E-state index contributed by atoms with van der Waals surface area (Å²) in [6, 6.07) is -0.962. The van der Waals surface area contributed by atoms with Gasteiger partial charge in [-0.15, -0.1) is 0 Å². The molecule has 0 aliphatic carbocycles. The Labute approximate surface area is 154 Å². The van der Waals surface area contributed by atoms with Crippen LogP contribution < -0.4 is 10.0 Å². The molecule has 0 aromatic carbocycles. The topological polar surface area (TPSA) is 134 Å². The molecule has 9 nitrogen and oxygen atoms in total. The minimum atomic E-state index is -4.68. The van der Waals surface area contributed by atoms with Crippen molar-refractivity contribution in [3.05, 3.63) is 18.1 Å². The normalized spacial score (nSPS) is 27.0. The molecule has 1 fully saturated rings. The first kappa shape index (κ1) is 21.8. The molecule has 0 spiro atoms. The molecule has 13 heteroatoms. The van der Waals surface area contributed by atoms with Crippen LogP contribution in [0.2, 0.25) is 0 Å². The Morgan fingerprint density at radius 1 is 1.30 bits per heavy atom. The van der Waals surface area contributed by atoms with Crippen molar-refractivity contribution in [3.8, 4) is 0 Å². The first-order valence-electron chi connectivity index (χ1n) is 8.04. The molecule has 4 atom stereocenters. The van der Waals surface area contributed by atoms with Gasteiger partial charge in [0.15, 0.2) is 5.69 Å². The fraction of sp³-hybridized carbons (Fsp3) is 0.714. The number of rotatable bonds is 6. The molecule has 0 amide bonds. The maximum Gasteiger partial charge on any atom is 0.434 e. The Balaban J connectivity index is 1.99. The average molecular weight is 414 g/mol. The number of hydrogen-bond donors (Lipinski definition) is 4. The van der Waals surface area contributed by atoms with Gasteiger partial charge in [-0.25, -0.2) is 18.1 Å². The Hall–Kier alpha value is -1.54. The van der Waals surface area contributed by atoms with Gasteiger partial charge in [0.05, 0.1) is 36.4 Å². The molecular weight excluding hydrogens is 393 g/mol. The number of alkyl halides is 3. The number of aromatic nitrogens is 2. The van der Waals surface area contributed by atoms with Gasteiger partial charge in [-0.05, 0) is 13.8 Å². The highest BCUT2D eigenvalue weighted by Gasteiger charge is 2.39. The average Bonchev–Trinajstić information content (AvgIpc) is 2.58. The van der Waals surface area contributed by atoms with E-state index < -0.39 is 51.5 Å². The molecule has 1 aromatic rings. The predicted octanol–water partition coefficient (Wildman–Crippen LogP) is -0.276. The SMILES string of the molecule is CC(C)S(=O)(=O)NC[C@H]1OC[C@H](Nc2cncc(C(F)(F)F)n2)[C@@H](O)[C@H]1O. The summed E-state index contributed by atoms with van der Waals surface area (Å²) in [5, 5.41) is 22.2. The number of halogens is 3. The van der Waals surface area contributed by atoms with Gasteiger partial charge in [0.1, 0.15) is 18.0 Å². The first-order chi connectivity index (χ1) is 12.4. The summed E-state index contributed by atoms with van der Waals surface area (Å²) in [6.45, 7) is 2.51. The highest BCUT2D eigenvalue weighted by molar-refractivity contribution is 7.90. The molecule has 0 saturated carbocycles. The molecule has 1 saturated heterocycles. The second-order valence-electron chi connectivity index (χ2n) is 6.33. The maximum atomic E-state index is 12.7. The number of hydrogen-bond acceptors (Lipinski definition) is 8. The van der Waals surface area contributed by atoms with Crippen molar-refractivity contribution in [3.63, 3.8) is 0 Å². The van der Waals surface area contributed by atoms with Gasteiger partial charge in [-0.1, -0.05) is 0 Å². The van der Waals surface area contributed by atoms with Gasteiger partial charge in [-0.2, -0.15) is 13.2 Å². The van der Waals surface area contributed by atoms with Crippen molar-refractivity contribution in [1.29, 1.82) is 0 Å². The van der Waals surface area contributed by atoms with Crippen LogP contribution in [0.15, 0.2) is 12.4 Å². The van der Waals surface area contributed by atoms with E-state index in [1.54, 1.807) is 0 Å². The molecule has 2 rings (SSSR count). The van der Waals surface area contributed by atoms with Gasteiger partial charge in [0.25, 0.3) is 0 Å². The minimum Gasteiger partial charge on any atom is -0.388 e. The van der Waals surface area contributed by atoms with Gasteiger partial charge < -0.3 is 20.3 Å². The van der Waals surface area contributed by atoms with Crippen molar-refractivity contribution in [2.45, 2.75) is 49.6 Å². The third-order valence-corrected chi connectivity index (χ3v) is 5.81. The second-order valence-corrected chi connectivity index (χ2v) is 8.65. The number of ether oxygens (including phenoxy) is 1. The number of aliphatic hydroxyl groups excluding tert-OH is 2. The molecule has 1 aromatic heterocycles. The van der Waals surface area contributed by atoms with Crippen LogP contribution in [0.4, 0.5) is 19.0 Å². The van der Waals surface area contributed by atoms with Crippen LogP contribution in [0.5, 0.6) is 0 Å². The van der Waals surface area contributed by atoms with Crippen LogP contribution >= 0.6 is 0 Å². The summed E-state index contributed by atoms with van der Waals surface area (Å²) >= 11 is 0. The third-order valence-electron chi connectivity index (χ3n) is 4.00. The molecule has 0 radical (unpaired) electrons. The molecule has 27 heavy (non-hydrogen) atoms. The number of anilines is 1. The van der Waals surface area contributed by atoms with Crippen molar-refractivity contribution in [2.24, 2.45) is 0 Å². The van der Waals surface area contributed by atoms with E-state index in [0.717, 1.165) is 6.20 Å². The van der Waals surface area contributed by atoms with Gasteiger partial charge in [-0.3, -0.25) is 4.98 Å². The standard InChI is InChI=1S/C14H21F3N4O5S/c1-7(2)27(24,25)19-3-9-13(23)12(22)8(6-26-9)20-11-5-18-4-10(21-11)14(15,16)17/h4-5,7-9,12-13,19,22-23H,3,6H2,1-2H3,(H,20,21)/t8-,9+,12+,13-/m0/s1. The lowest BCUT2D eigenvalue weighted by Gasteiger charge is -2.38. The highest BCUT2D eigenvalue weighted by Crippen LogP contribution is 2.28. The van der Waals surface area contributed by atoms with Crippen molar-refractivity contribution >= 4 is 15.8 Å². The maximum absolute atomic E-state index is 12.7. The van der Waals surface area contributed by atoms with E-state index in [1.165, 1.54) is 13.8 Å². The van der Waals surface area contributed by atoms with Crippen LogP contribution in [0.1, 0.15) is 19.5 Å². The Bertz CT molecular complexity index is 747. The molecule has 0 bridgehead atoms. The van der Waals surface area contributed by atoms with E-state index in [4.69, 9.17) is 4.74 Å². The van der Waals surface area contributed by atoms with Crippen LogP contribution in [0, 0.1) is 0 Å². The van der Waals surface area contributed by atoms with Crippen LogP contribution in [0.25, 0.3) is 0 Å². The van der Waals surface area contributed by atoms with Gasteiger partial charge in [0.2, 0.25) is 10.0 Å². The van der Waals surface area contributed by atoms with Gasteiger partial charge >= 0.3 is 6.18 Å². The Morgan fingerprint density at radius 3 is 2.56 bits per heavy atom. The number of nitrogens with zero attached hydrogens (tertiary/aromatic N) is 2. The highest BCUT2D eigenvalue weighted by atomic mass is 32.2. The number of sulfonamides is 1. The fourth-order valence-electron chi connectivity index (χ4n) is 2.32. The zero-order valence-corrected chi connectivity index (χ0v) is 15.3. The monoisotopic (exact) mass is 414 g/mol. The predicted molar refractivity (Wildman–Crippen MR) is 88.3 cm³/mol. The lowest BCUT2D eigenvalue weighted by Crippen LogP contribution is -2.58. The summed E-state index contributed by atoms with van der Waals surface area (Å²) in [6.07, 6.45) is -6.99. The number of aliphatic hydroxyl groups is 2. The van der Waals surface area contributed by atoms with E-state index in [-0.39, 0.29) is 19.0 Å². The molecule has 2 heterocycles. The van der Waals surface area contributed by atoms with Crippen molar-refractivity contribution in [2.75, 3.05) is 18.5 Å². The second kappa shape index (κ2) is 8.22. The fourth-order valence-corrected chi connectivity index (χ4v) is 3.05. The minimum absolute atomic E-state index is 0.190. The molecule has 4 N–H and O–H groups in total. The molecular formula is C14H21F3N4O5S. The Kier molecular flexibility index (Phi) is 6.63. The number of nitrogens with one attached hydrogen (secondary N) is 2. The van der Waals surface area contributed by atoms with E-state index >= 15 is 0 Å². The van der Waals surface area contributed by atoms with Crippen LogP contribution in [-0.2, 0) is 20.9 Å². The molecule has 1 aliphatic rings. The summed E-state index contributed by atoms with van der Waals surface area (Å²) in [4.78, 5) is 6.81. The first-order valence-corrected chi connectivity index (χ1v) is 9.58. The summed E-state index contributed by atoms with van der Waals surface area (Å²) in [7, 11) is -3.58. The van der Waals surface area contributed by atoms with E-state index in [1.807, 2.05) is 0 Å². The Morgan fingerprint density at radius 2 is 1.96 bits per heavy atom. The lowest BCUT2D eigenvalue weighted by molar-refractivity contribution is -0.141. The summed E-state index contributed by atoms with van der Waals surface area (Å²) in [5.74, 6) is -0.247. The van der Waals surface area contributed by atoms with E-state index in [0.29, 0.717) is 6.20 Å². The lowest BCUT2D eigenvalue weighted by atomic mass is 9.98. The molecule has 1 aliphatic heterocycles. The quantitative estimate of drug-likeness (QED) is 0.500. The van der Waals surface area contributed by atoms with E-state index in [9.17, 15) is 31.8 Å². The largest absolute Gasteiger partial charge is 0.434 e. The zero-order chi connectivity index (χ0) is 20.4. The summed E-state index contributed by atoms with van der Waals surface area (Å²) in [5.41, 5.74) is -1.21. The van der Waals surface area contributed by atoms with Gasteiger partial charge in [0, 0.05) is 6.54 Å². The molecule has 0 unspecified atom stereocenters. The van der Waals surface area contributed by atoms with E-state index in [2.05, 4.69) is 20.0 Å². The van der Waals surface area contributed by atoms with Crippen molar-refractivity contribution < 1.29 is 36.5 Å². The zero-order valence-electron chi connectivity index (χ0n) is 14.5. The van der Waals surface area contributed by atoms with Crippen LogP contribution in [-0.4, -0.2) is 71.4 Å².